The number of hydrogen-bond acceptors (Lipinski definition) is 27. The second-order valence-corrected chi connectivity index (χ2v) is 32.8. The van der Waals surface area contributed by atoms with E-state index in [-0.39, 0.29) is 76.8 Å². The molecule has 0 saturated heterocycles. The summed E-state index contributed by atoms with van der Waals surface area (Å²) in [7, 11) is 8.96. The molecule has 0 radical (unpaired) electrons. The van der Waals surface area contributed by atoms with Crippen molar-refractivity contribution in [3.63, 3.8) is 0 Å². The first-order valence-corrected chi connectivity index (χ1v) is 44.5. The Hall–Kier alpha value is -13.8. The molecule has 1 amide bonds. The van der Waals surface area contributed by atoms with Gasteiger partial charge in [0.25, 0.3) is 11.1 Å². The summed E-state index contributed by atoms with van der Waals surface area (Å²) in [6, 6.07) is 56.0. The fraction of sp³-hybridized carbons (Fsp3) is 0.433. The van der Waals surface area contributed by atoms with Gasteiger partial charge in [-0.3, -0.25) is 63.0 Å². The van der Waals surface area contributed by atoms with E-state index < -0.39 is 53.3 Å². The number of carboxylic acids is 1. The average molecular weight is 1890 g/mol. The number of aliphatic imine (C=N–C) groups is 2. The number of ether oxygens (including phenoxy) is 8. The summed E-state index contributed by atoms with van der Waals surface area (Å²) in [6.07, 6.45) is 5.47. The van der Waals surface area contributed by atoms with E-state index in [0.29, 0.717) is 124 Å². The predicted molar refractivity (Wildman–Crippen MR) is 529 cm³/mol. The zero-order valence-corrected chi connectivity index (χ0v) is 83.7. The molecule has 136 heavy (non-hydrogen) atoms. The van der Waals surface area contributed by atoms with E-state index in [9.17, 15) is 62.6 Å². The highest BCUT2D eigenvalue weighted by molar-refractivity contribution is 6.14. The summed E-state index contributed by atoms with van der Waals surface area (Å²) < 4.78 is 39.0. The van der Waals surface area contributed by atoms with Crippen LogP contribution in [0.4, 0.5) is 0 Å². The molecule has 1 aliphatic heterocycles. The minimum Gasteiger partial charge on any atom is -0.485 e. The number of rotatable bonds is 30. The van der Waals surface area contributed by atoms with E-state index in [2.05, 4.69) is 57.5 Å². The van der Waals surface area contributed by atoms with Crippen molar-refractivity contribution in [2.45, 2.75) is 207 Å². The maximum absolute atomic E-state index is 12.9. The van der Waals surface area contributed by atoms with Crippen LogP contribution in [0.5, 0.6) is 0 Å². The maximum Gasteiger partial charge on any atom is 0.345 e. The number of benzene rings is 6. The molecule has 0 bridgehead atoms. The largest absolute Gasteiger partial charge is 0.485 e. The molecule has 8 N–H and O–H groups in total. The Kier molecular flexibility index (Phi) is 62.1. The number of nitrogens with zero attached hydrogens (tertiary/aromatic N) is 7. The third-order valence-corrected chi connectivity index (χ3v) is 18.9. The van der Waals surface area contributed by atoms with Gasteiger partial charge in [-0.25, -0.2) is 29.1 Å². The number of nitrogens with one attached hydrogen (secondary N) is 1. The molecule has 2 aromatic heterocycles. The van der Waals surface area contributed by atoms with Crippen molar-refractivity contribution >= 4 is 77.5 Å². The first-order chi connectivity index (χ1) is 64.4. The highest BCUT2D eigenvalue weighted by atomic mass is 16.6. The summed E-state index contributed by atoms with van der Waals surface area (Å²) in [5.74, 6) is -1.69. The zero-order chi connectivity index (χ0) is 103. The normalized spacial score (nSPS) is 12.2. The Labute approximate surface area is 801 Å². The molecule has 32 nitrogen and oxygen atoms in total. The van der Waals surface area contributed by atoms with Crippen LogP contribution in [0.25, 0.3) is 0 Å². The number of hydrogen-bond donors (Lipinski definition) is 5. The lowest BCUT2D eigenvalue weighted by Crippen LogP contribution is -2.51. The van der Waals surface area contributed by atoms with E-state index in [1.54, 1.807) is 45.6 Å². The molecule has 6 aromatic carbocycles. The van der Waals surface area contributed by atoms with Gasteiger partial charge in [0.15, 0.2) is 11.8 Å². The number of amidine groups is 2. The molecule has 9 rings (SSSR count). The summed E-state index contributed by atoms with van der Waals surface area (Å²) >= 11 is 0. The second kappa shape index (κ2) is 69.1. The number of aromatic nitrogens is 4. The third kappa shape index (κ3) is 50.4. The van der Waals surface area contributed by atoms with Gasteiger partial charge in [-0.2, -0.15) is 0 Å². The molecule has 1 aliphatic rings. The molecule has 3 atom stereocenters. The highest BCUT2D eigenvalue weighted by Gasteiger charge is 2.43. The molecule has 2 unspecified atom stereocenters. The van der Waals surface area contributed by atoms with Crippen molar-refractivity contribution in [3.05, 3.63) is 281 Å². The van der Waals surface area contributed by atoms with E-state index in [0.717, 1.165) is 28.5 Å². The predicted octanol–water partition coefficient (Wildman–Crippen LogP) is 15.3. The number of carboxylic acid groups (broad SMARTS) is 1. The number of methoxy groups -OCH3 is 7. The van der Waals surface area contributed by atoms with Gasteiger partial charge in [-0.1, -0.05) is 257 Å². The van der Waals surface area contributed by atoms with Gasteiger partial charge >= 0.3 is 47.8 Å². The molecule has 742 valence electrons. The fourth-order valence-electron chi connectivity index (χ4n) is 11.8. The van der Waals surface area contributed by atoms with Crippen molar-refractivity contribution in [2.75, 3.05) is 56.4 Å². The first-order valence-electron chi connectivity index (χ1n) is 44.5. The van der Waals surface area contributed by atoms with Crippen LogP contribution < -0.4 is 28.3 Å². The Morgan fingerprint density at radius 2 is 0.919 bits per heavy atom. The van der Waals surface area contributed by atoms with Crippen LogP contribution in [-0.2, 0) is 122 Å². The molecular weight excluding hydrogens is 1740 g/mol. The molecule has 0 fully saturated rings. The lowest BCUT2D eigenvalue weighted by atomic mass is 9.89. The van der Waals surface area contributed by atoms with Crippen molar-refractivity contribution in [2.24, 2.45) is 62.7 Å². The van der Waals surface area contributed by atoms with E-state index in [1.165, 1.54) is 75.6 Å². The molecule has 32 heteroatoms. The number of allylic oxidation sites excluding steroid dienone is 1. The number of amides is 1. The van der Waals surface area contributed by atoms with Gasteiger partial charge in [0.05, 0.1) is 112 Å². The number of carbonyl (C=O) groups is 10. The van der Waals surface area contributed by atoms with Crippen molar-refractivity contribution in [1.82, 2.24) is 24.0 Å². The molecule has 0 spiro atoms. The SMILES string of the molecule is CC(C)CC=O.CC(N)=NCc1ccccc1.CCOC(=O)C[C@H](N)c1ccc(C)cc1.COC(=O)C(=CCC(C)C)C(=O)OC.COC(=O)C1C(=O)N(Cc2ccccc2)C(C)=NC1CC(C)C.COC(=O)CC(=O)OC.COC(=O)c1c(CC(C)C)nc(C)n(Cc2ccccc2)c1=O.COC(C)=N.Cc1nc(CC(C)C)c(C(=O)O)c(=O)n1Cc1ccccc1.NCc1ccccc1. The quantitative estimate of drug-likeness (QED) is 0.00408. The number of nitrogens with two attached hydrogens (primary N) is 3. The molecule has 3 heterocycles. The number of aromatic carboxylic acids is 1. The van der Waals surface area contributed by atoms with E-state index in [1.807, 2.05) is 245 Å². The van der Waals surface area contributed by atoms with Crippen LogP contribution in [0.2, 0.25) is 0 Å². The van der Waals surface area contributed by atoms with E-state index >= 15 is 0 Å². The van der Waals surface area contributed by atoms with E-state index in [4.69, 9.17) is 36.8 Å². The van der Waals surface area contributed by atoms with Gasteiger partial charge in [-0.05, 0) is 130 Å². The second-order valence-electron chi connectivity index (χ2n) is 32.8. The lowest BCUT2D eigenvalue weighted by Gasteiger charge is -2.34. The smallest absolute Gasteiger partial charge is 0.345 e. The van der Waals surface area contributed by atoms with Crippen molar-refractivity contribution < 1.29 is 90.9 Å². The summed E-state index contributed by atoms with van der Waals surface area (Å²) in [4.78, 5) is 157. The van der Waals surface area contributed by atoms with Crippen LogP contribution in [0.15, 0.2) is 207 Å². The average Bonchev–Trinajstić information content (AvgIpc) is 0.801. The van der Waals surface area contributed by atoms with Crippen LogP contribution in [0.1, 0.15) is 218 Å². The maximum atomic E-state index is 12.9. The monoisotopic (exact) mass is 1880 g/mol. The van der Waals surface area contributed by atoms with Crippen LogP contribution in [0, 0.1) is 61.7 Å². The molecule has 0 aliphatic carbocycles. The van der Waals surface area contributed by atoms with Gasteiger partial charge in [0.2, 0.25) is 5.91 Å². The number of carbonyl (C=O) groups excluding carboxylic acids is 9. The Morgan fingerprint density at radius 1 is 0.515 bits per heavy atom. The minimum atomic E-state index is -1.21. The summed E-state index contributed by atoms with van der Waals surface area (Å²) in [5, 5.41) is 15.9. The number of aldehydes is 1. The van der Waals surface area contributed by atoms with Gasteiger partial charge < -0.3 is 65.0 Å². The standard InChI is InChI=1S/C18H24N2O3.C18H22N2O3.C17H20N2O3.C12H17NO2.C10H16O4.C9H12N2.C7H9N.C5H8O4.C5H10O.C3H7NO/c2*1-12(2)10-15-16(18(22)23-4)17(21)20(13(3)19-15)11-14-8-6-5-7-9-14;1-11(2)9-14-15(17(21)22)16(20)19(12(3)18-14)10-13-7-5-4-6-8-13;1-3-15-12(14)8-11(13)10-6-4-9(2)5-7-10;1-7(2)5-6-8(9(11)13-3)10(12)14-4;1-8(10)11-7-9-5-3-2-4-6-9;8-6-7-4-2-1-3-5-7;1-8-4(6)3-5(7)9-2;1-5(2)3-4-6;1-3(4)5-2/h5-9,12,15-16H,10-11H2,1-4H3;5-9,12H,10-11H2,1-4H3;4-8,11H,9-10H2,1-3H3,(H,21,22);4-7,11H,3,8,13H2,1-2H3;6-7H,5H2,1-4H3;2-6H,7H2,1H3,(H2,10,11);1-5H,6,8H2;3H2,1-2H3;4-5H,3H2,1-2H3;4H,1-2H3/t;;;11-;;;;;;/m...0....../s1. The highest BCUT2D eigenvalue weighted by Crippen LogP contribution is 2.27. The van der Waals surface area contributed by atoms with Crippen LogP contribution in [0.3, 0.4) is 0 Å². The topological polar surface area (TPSA) is 464 Å². The van der Waals surface area contributed by atoms with Crippen LogP contribution in [-0.4, -0.2) is 169 Å². The van der Waals surface area contributed by atoms with Crippen molar-refractivity contribution in [3.8, 4) is 0 Å². The Bertz CT molecular complexity index is 5120. The molecular formula is C104H145N11O21. The zero-order valence-electron chi connectivity index (χ0n) is 83.7. The minimum absolute atomic E-state index is 0.0382. The fourth-order valence-corrected chi connectivity index (χ4v) is 11.8. The van der Waals surface area contributed by atoms with Gasteiger partial charge in [-0.15, -0.1) is 0 Å². The van der Waals surface area contributed by atoms with Gasteiger partial charge in [0.1, 0.15) is 46.9 Å². The summed E-state index contributed by atoms with van der Waals surface area (Å²) in [5.41, 5.74) is 23.9. The molecule has 0 saturated carbocycles. The number of esters is 7. The number of aryl methyl sites for hydroxylation is 3. The first kappa shape index (κ1) is 122. The Morgan fingerprint density at radius 3 is 1.25 bits per heavy atom. The summed E-state index contributed by atoms with van der Waals surface area (Å²) in [6.45, 7) is 35.5. The van der Waals surface area contributed by atoms with Crippen molar-refractivity contribution in [1.29, 1.82) is 5.41 Å². The molecule has 8 aromatic rings. The van der Waals surface area contributed by atoms with Crippen LogP contribution >= 0.6 is 0 Å². The van der Waals surface area contributed by atoms with Gasteiger partial charge in [0, 0.05) is 25.9 Å². The third-order valence-electron chi connectivity index (χ3n) is 18.9. The Balaban J connectivity index is 0.00000154. The lowest BCUT2D eigenvalue weighted by molar-refractivity contribution is -0.155.